The summed E-state index contributed by atoms with van der Waals surface area (Å²) in [6.45, 7) is 4.17. The van der Waals surface area contributed by atoms with Crippen LogP contribution in [0.25, 0.3) is 0 Å². The van der Waals surface area contributed by atoms with Gasteiger partial charge in [-0.1, -0.05) is 12.1 Å². The van der Waals surface area contributed by atoms with Crippen molar-refractivity contribution in [2.45, 2.75) is 19.5 Å². The van der Waals surface area contributed by atoms with Crippen LogP contribution in [0.2, 0.25) is 0 Å². The third kappa shape index (κ3) is 3.71. The number of likely N-dealkylation sites (N-methyl/N-ethyl adjacent to an activating group) is 1. The van der Waals surface area contributed by atoms with E-state index in [1.54, 1.807) is 0 Å². The van der Waals surface area contributed by atoms with Gasteiger partial charge in [0.25, 0.3) is 0 Å². The van der Waals surface area contributed by atoms with E-state index in [1.165, 1.54) is 0 Å². The summed E-state index contributed by atoms with van der Waals surface area (Å²) in [4.78, 5) is 12.1. The van der Waals surface area contributed by atoms with E-state index in [0.717, 1.165) is 11.3 Å². The molecule has 0 saturated carbocycles. The number of hydrogen-bond acceptors (Lipinski definition) is 4. The topological polar surface area (TPSA) is 59.6 Å². The summed E-state index contributed by atoms with van der Waals surface area (Å²) in [6, 6.07) is 7.87. The third-order valence-electron chi connectivity index (χ3n) is 3.46. The first kappa shape index (κ1) is 14.8. The fourth-order valence-corrected chi connectivity index (χ4v) is 2.33. The second-order valence-electron chi connectivity index (χ2n) is 4.84. The minimum Gasteiger partial charge on any atom is -0.494 e. The zero-order chi connectivity index (χ0) is 14.4. The number of nitrogens with one attached hydrogen (secondary N) is 2. The number of amides is 1. The molecule has 2 unspecified atom stereocenters. The summed E-state index contributed by atoms with van der Waals surface area (Å²) < 4.78 is 10.8. The molecule has 2 N–H and O–H groups in total. The molecule has 0 aliphatic carbocycles. The Hall–Kier alpha value is -1.59. The minimum absolute atomic E-state index is 0.0312. The Morgan fingerprint density at radius 1 is 1.45 bits per heavy atom. The zero-order valence-electron chi connectivity index (χ0n) is 12.0. The molecule has 1 aliphatic rings. The number of rotatable bonds is 6. The van der Waals surface area contributed by atoms with Gasteiger partial charge in [0.1, 0.15) is 5.75 Å². The molecule has 0 aromatic heterocycles. The normalized spacial score (nSPS) is 21.7. The van der Waals surface area contributed by atoms with Crippen LogP contribution in [-0.2, 0) is 16.1 Å². The molecule has 5 heteroatoms. The fourth-order valence-electron chi connectivity index (χ4n) is 2.33. The number of ether oxygens (including phenoxy) is 2. The summed E-state index contributed by atoms with van der Waals surface area (Å²) in [5.41, 5.74) is 1.03. The number of carbonyl (C=O) groups is 1. The van der Waals surface area contributed by atoms with Crippen molar-refractivity contribution < 1.29 is 14.3 Å². The van der Waals surface area contributed by atoms with Crippen LogP contribution >= 0.6 is 0 Å². The Morgan fingerprint density at radius 3 is 3.05 bits per heavy atom. The van der Waals surface area contributed by atoms with Crippen molar-refractivity contribution in [3.05, 3.63) is 29.8 Å². The molecule has 2 atom stereocenters. The Bertz CT molecular complexity index is 450. The van der Waals surface area contributed by atoms with Gasteiger partial charge in [-0.05, 0) is 31.7 Å². The average Bonchev–Trinajstić information content (AvgIpc) is 2.94. The van der Waals surface area contributed by atoms with Gasteiger partial charge in [0.2, 0.25) is 5.91 Å². The van der Waals surface area contributed by atoms with Gasteiger partial charge < -0.3 is 20.1 Å². The van der Waals surface area contributed by atoms with Crippen LogP contribution in [0.15, 0.2) is 24.3 Å². The SMILES string of the molecule is CCOc1cccc(CNC(=O)C2COCC2NC)c1. The van der Waals surface area contributed by atoms with E-state index in [0.29, 0.717) is 26.4 Å². The van der Waals surface area contributed by atoms with Crippen LogP contribution in [0, 0.1) is 5.92 Å². The predicted molar refractivity (Wildman–Crippen MR) is 76.6 cm³/mol. The van der Waals surface area contributed by atoms with Gasteiger partial charge in [0.15, 0.2) is 0 Å². The zero-order valence-corrected chi connectivity index (χ0v) is 12.0. The molecule has 1 aromatic carbocycles. The third-order valence-corrected chi connectivity index (χ3v) is 3.46. The van der Waals surface area contributed by atoms with Gasteiger partial charge in [-0.2, -0.15) is 0 Å². The maximum atomic E-state index is 12.1. The molecular weight excluding hydrogens is 256 g/mol. The van der Waals surface area contributed by atoms with Crippen molar-refractivity contribution in [2.75, 3.05) is 26.9 Å². The van der Waals surface area contributed by atoms with E-state index in [-0.39, 0.29) is 17.9 Å². The highest BCUT2D eigenvalue weighted by Crippen LogP contribution is 2.15. The van der Waals surface area contributed by atoms with Crippen LogP contribution in [0.1, 0.15) is 12.5 Å². The van der Waals surface area contributed by atoms with Crippen molar-refractivity contribution in [1.82, 2.24) is 10.6 Å². The molecule has 0 spiro atoms. The quantitative estimate of drug-likeness (QED) is 0.813. The van der Waals surface area contributed by atoms with E-state index >= 15 is 0 Å². The molecule has 1 amide bonds. The van der Waals surface area contributed by atoms with E-state index in [1.807, 2.05) is 38.2 Å². The van der Waals surface area contributed by atoms with E-state index in [4.69, 9.17) is 9.47 Å². The van der Waals surface area contributed by atoms with Crippen LogP contribution in [0.3, 0.4) is 0 Å². The van der Waals surface area contributed by atoms with Gasteiger partial charge in [-0.25, -0.2) is 0 Å². The van der Waals surface area contributed by atoms with Crippen molar-refractivity contribution in [1.29, 1.82) is 0 Å². The molecule has 20 heavy (non-hydrogen) atoms. The lowest BCUT2D eigenvalue weighted by molar-refractivity contribution is -0.125. The average molecular weight is 278 g/mol. The highest BCUT2D eigenvalue weighted by atomic mass is 16.5. The van der Waals surface area contributed by atoms with Crippen molar-refractivity contribution in [3.8, 4) is 5.75 Å². The van der Waals surface area contributed by atoms with Crippen LogP contribution in [0.4, 0.5) is 0 Å². The second kappa shape index (κ2) is 7.26. The maximum Gasteiger partial charge on any atom is 0.227 e. The maximum absolute atomic E-state index is 12.1. The first-order chi connectivity index (χ1) is 9.74. The van der Waals surface area contributed by atoms with Gasteiger partial charge in [0.05, 0.1) is 25.7 Å². The molecule has 2 rings (SSSR count). The molecule has 0 radical (unpaired) electrons. The van der Waals surface area contributed by atoms with Crippen LogP contribution < -0.4 is 15.4 Å². The summed E-state index contributed by atoms with van der Waals surface area (Å²) in [5.74, 6) is 0.746. The lowest BCUT2D eigenvalue weighted by Crippen LogP contribution is -2.42. The molecule has 1 saturated heterocycles. The smallest absolute Gasteiger partial charge is 0.227 e. The highest BCUT2D eigenvalue weighted by Gasteiger charge is 2.32. The summed E-state index contributed by atoms with van der Waals surface area (Å²) in [5, 5.41) is 6.07. The first-order valence-electron chi connectivity index (χ1n) is 6.99. The second-order valence-corrected chi connectivity index (χ2v) is 4.84. The summed E-state index contributed by atoms with van der Waals surface area (Å²) >= 11 is 0. The van der Waals surface area contributed by atoms with Gasteiger partial charge in [0, 0.05) is 12.6 Å². The number of benzene rings is 1. The lowest BCUT2D eigenvalue weighted by Gasteiger charge is -2.16. The van der Waals surface area contributed by atoms with Crippen molar-refractivity contribution >= 4 is 5.91 Å². The van der Waals surface area contributed by atoms with Crippen molar-refractivity contribution in [2.24, 2.45) is 5.92 Å². The number of carbonyl (C=O) groups excluding carboxylic acids is 1. The van der Waals surface area contributed by atoms with E-state index in [9.17, 15) is 4.79 Å². The molecular formula is C15H22N2O3. The van der Waals surface area contributed by atoms with Gasteiger partial charge >= 0.3 is 0 Å². The van der Waals surface area contributed by atoms with Gasteiger partial charge in [-0.3, -0.25) is 4.79 Å². The monoisotopic (exact) mass is 278 g/mol. The minimum atomic E-state index is -0.116. The molecule has 1 fully saturated rings. The Morgan fingerprint density at radius 2 is 2.30 bits per heavy atom. The largest absolute Gasteiger partial charge is 0.494 e. The Kier molecular flexibility index (Phi) is 5.38. The highest BCUT2D eigenvalue weighted by molar-refractivity contribution is 5.79. The van der Waals surface area contributed by atoms with Crippen LogP contribution in [0.5, 0.6) is 5.75 Å². The summed E-state index contributed by atoms with van der Waals surface area (Å²) in [6.07, 6.45) is 0. The predicted octanol–water partition coefficient (Wildman–Crippen LogP) is 0.936. The molecule has 1 heterocycles. The standard InChI is InChI=1S/C15H22N2O3/c1-3-20-12-6-4-5-11(7-12)8-17-15(18)13-9-19-10-14(13)16-2/h4-7,13-14,16H,3,8-10H2,1-2H3,(H,17,18). The number of hydrogen-bond donors (Lipinski definition) is 2. The molecule has 1 aliphatic heterocycles. The summed E-state index contributed by atoms with van der Waals surface area (Å²) in [7, 11) is 1.85. The Labute approximate surface area is 119 Å². The first-order valence-corrected chi connectivity index (χ1v) is 6.99. The fraction of sp³-hybridized carbons (Fsp3) is 0.533. The Balaban J connectivity index is 1.88. The molecule has 1 aromatic rings. The van der Waals surface area contributed by atoms with Gasteiger partial charge in [-0.15, -0.1) is 0 Å². The molecule has 110 valence electrons. The van der Waals surface area contributed by atoms with Crippen molar-refractivity contribution in [3.63, 3.8) is 0 Å². The lowest BCUT2D eigenvalue weighted by atomic mass is 10.0. The van der Waals surface area contributed by atoms with Crippen LogP contribution in [-0.4, -0.2) is 38.8 Å². The molecule has 5 nitrogen and oxygen atoms in total. The van der Waals surface area contributed by atoms with E-state index in [2.05, 4.69) is 10.6 Å². The van der Waals surface area contributed by atoms with E-state index < -0.39 is 0 Å². The molecule has 0 bridgehead atoms.